The van der Waals surface area contributed by atoms with E-state index in [1.165, 1.54) is 17.9 Å². The number of H-pyrrole nitrogens is 1. The Morgan fingerprint density at radius 1 is 1.42 bits per heavy atom. The van der Waals surface area contributed by atoms with Crippen molar-refractivity contribution >= 4 is 22.4 Å². The molecule has 0 aliphatic heterocycles. The summed E-state index contributed by atoms with van der Waals surface area (Å²) >= 11 is 1.32. The summed E-state index contributed by atoms with van der Waals surface area (Å²) in [7, 11) is 0. The molecular weight excluding hydrogens is 262 g/mol. The number of anilines is 2. The monoisotopic (exact) mass is 273 g/mol. The number of rotatable bonds is 4. The maximum Gasteiger partial charge on any atom is 0.147 e. The summed E-state index contributed by atoms with van der Waals surface area (Å²) in [5.41, 5.74) is 7.73. The minimum atomic E-state index is 0.498. The predicted molar refractivity (Wildman–Crippen MR) is 73.5 cm³/mol. The van der Waals surface area contributed by atoms with Crippen molar-refractivity contribution in [2.75, 3.05) is 11.1 Å². The fourth-order valence-electron chi connectivity index (χ4n) is 1.69. The molecule has 0 atom stereocenters. The van der Waals surface area contributed by atoms with Crippen molar-refractivity contribution < 1.29 is 0 Å². The van der Waals surface area contributed by atoms with E-state index in [1.54, 1.807) is 12.4 Å². The quantitative estimate of drug-likeness (QED) is 0.665. The minimum absolute atomic E-state index is 0.498. The molecule has 3 heterocycles. The van der Waals surface area contributed by atoms with Crippen molar-refractivity contribution in [3.8, 4) is 11.1 Å². The number of nitrogens with two attached hydrogens (primary N) is 1. The Kier molecular flexibility index (Phi) is 3.07. The van der Waals surface area contributed by atoms with Gasteiger partial charge in [-0.3, -0.25) is 10.1 Å². The van der Waals surface area contributed by atoms with Crippen LogP contribution < -0.4 is 11.1 Å². The number of nitrogen functional groups attached to an aromatic ring is 1. The molecule has 96 valence electrons. The molecule has 7 nitrogen and oxygen atoms in total. The lowest BCUT2D eigenvalue weighted by Crippen LogP contribution is -2.01. The molecule has 8 heteroatoms. The molecule has 0 aliphatic rings. The minimum Gasteiger partial charge on any atom is -0.382 e. The van der Waals surface area contributed by atoms with Gasteiger partial charge in [0.05, 0.1) is 12.1 Å². The van der Waals surface area contributed by atoms with Crippen LogP contribution in [0.4, 0.5) is 10.8 Å². The second-order valence-electron chi connectivity index (χ2n) is 3.80. The molecule has 3 aromatic rings. The van der Waals surface area contributed by atoms with Crippen LogP contribution in [0.5, 0.6) is 0 Å². The highest BCUT2D eigenvalue weighted by atomic mass is 32.1. The standard InChI is InChI=1S/C11H11N7S/c12-10-9(7-2-1-3-13-4-7)11(19-18-10)14-5-8-15-6-16-17-8/h1-4,6,14H,5H2,(H2,12,18)(H,15,16,17). The molecule has 0 aromatic carbocycles. The smallest absolute Gasteiger partial charge is 0.147 e. The van der Waals surface area contributed by atoms with Gasteiger partial charge >= 0.3 is 0 Å². The SMILES string of the molecule is Nc1nsc(NCc2ncn[nH]2)c1-c1cccnc1. The van der Waals surface area contributed by atoms with Crippen LogP contribution in [0.25, 0.3) is 11.1 Å². The van der Waals surface area contributed by atoms with Crippen molar-refractivity contribution in [3.63, 3.8) is 0 Å². The van der Waals surface area contributed by atoms with Gasteiger partial charge < -0.3 is 11.1 Å². The molecule has 0 unspecified atom stereocenters. The molecule has 3 aromatic heterocycles. The fourth-order valence-corrected chi connectivity index (χ4v) is 2.42. The molecule has 3 rings (SSSR count). The third kappa shape index (κ3) is 2.38. The van der Waals surface area contributed by atoms with E-state index in [9.17, 15) is 0 Å². The molecule has 0 saturated heterocycles. The van der Waals surface area contributed by atoms with Gasteiger partial charge in [0.1, 0.15) is 23.0 Å². The van der Waals surface area contributed by atoms with E-state index in [2.05, 4.69) is 29.9 Å². The van der Waals surface area contributed by atoms with Crippen molar-refractivity contribution in [1.29, 1.82) is 0 Å². The van der Waals surface area contributed by atoms with Gasteiger partial charge in [0.25, 0.3) is 0 Å². The Balaban J connectivity index is 1.87. The van der Waals surface area contributed by atoms with Crippen LogP contribution in [0, 0.1) is 0 Å². The predicted octanol–water partition coefficient (Wildman–Crippen LogP) is 1.52. The van der Waals surface area contributed by atoms with Crippen LogP contribution in [0.3, 0.4) is 0 Å². The van der Waals surface area contributed by atoms with E-state index in [0.717, 1.165) is 22.0 Å². The summed E-state index contributed by atoms with van der Waals surface area (Å²) < 4.78 is 4.18. The molecule has 0 fully saturated rings. The van der Waals surface area contributed by atoms with Gasteiger partial charge in [-0.25, -0.2) is 4.98 Å². The van der Waals surface area contributed by atoms with Crippen LogP contribution in [0.15, 0.2) is 30.9 Å². The first-order valence-electron chi connectivity index (χ1n) is 5.58. The fraction of sp³-hybridized carbons (Fsp3) is 0.0909. The summed E-state index contributed by atoms with van der Waals surface area (Å²) in [6, 6.07) is 3.82. The second-order valence-corrected chi connectivity index (χ2v) is 4.57. The van der Waals surface area contributed by atoms with Crippen LogP contribution in [0.2, 0.25) is 0 Å². The summed E-state index contributed by atoms with van der Waals surface area (Å²) in [4.78, 5) is 8.15. The Hall–Kier alpha value is -2.48. The Bertz CT molecular complexity index is 647. The second kappa shape index (κ2) is 5.02. The lowest BCUT2D eigenvalue weighted by atomic mass is 10.1. The molecule has 0 amide bonds. The van der Waals surface area contributed by atoms with Crippen LogP contribution in [-0.4, -0.2) is 24.5 Å². The molecule has 0 radical (unpaired) electrons. The number of nitrogens with zero attached hydrogens (tertiary/aromatic N) is 4. The van der Waals surface area contributed by atoms with E-state index in [4.69, 9.17) is 5.73 Å². The average molecular weight is 273 g/mol. The number of nitrogens with one attached hydrogen (secondary N) is 2. The van der Waals surface area contributed by atoms with Gasteiger partial charge in [0.15, 0.2) is 0 Å². The van der Waals surface area contributed by atoms with Crippen LogP contribution >= 0.6 is 11.5 Å². The molecule has 4 N–H and O–H groups in total. The molecule has 0 aliphatic carbocycles. The van der Waals surface area contributed by atoms with Crippen molar-refractivity contribution in [2.45, 2.75) is 6.54 Å². The number of pyridine rings is 1. The highest BCUT2D eigenvalue weighted by Gasteiger charge is 2.13. The average Bonchev–Trinajstić information content (AvgIpc) is 3.07. The van der Waals surface area contributed by atoms with Gasteiger partial charge in [-0.1, -0.05) is 6.07 Å². The normalized spacial score (nSPS) is 10.5. The summed E-state index contributed by atoms with van der Waals surface area (Å²) in [5.74, 6) is 1.25. The molecule has 19 heavy (non-hydrogen) atoms. The van der Waals surface area contributed by atoms with Crippen molar-refractivity contribution in [3.05, 3.63) is 36.7 Å². The van der Waals surface area contributed by atoms with Gasteiger partial charge in [-0.15, -0.1) is 0 Å². The van der Waals surface area contributed by atoms with Gasteiger partial charge in [0.2, 0.25) is 0 Å². The molecular formula is C11H11N7S. The van der Waals surface area contributed by atoms with E-state index in [1.807, 2.05) is 12.1 Å². The molecule has 0 saturated carbocycles. The summed E-state index contributed by atoms with van der Waals surface area (Å²) in [6.45, 7) is 0.537. The summed E-state index contributed by atoms with van der Waals surface area (Å²) in [5, 5.41) is 10.7. The molecule has 0 spiro atoms. The van der Waals surface area contributed by atoms with E-state index >= 15 is 0 Å². The lowest BCUT2D eigenvalue weighted by Gasteiger charge is -2.05. The Morgan fingerprint density at radius 2 is 2.37 bits per heavy atom. The van der Waals surface area contributed by atoms with Crippen LogP contribution in [0.1, 0.15) is 5.82 Å². The maximum atomic E-state index is 5.92. The number of hydrogen-bond acceptors (Lipinski definition) is 7. The van der Waals surface area contributed by atoms with Gasteiger partial charge in [-0.2, -0.15) is 9.47 Å². The van der Waals surface area contributed by atoms with E-state index < -0.39 is 0 Å². The third-order valence-corrected chi connectivity index (χ3v) is 3.37. The van der Waals surface area contributed by atoms with Crippen molar-refractivity contribution in [2.24, 2.45) is 0 Å². The number of aromatic amines is 1. The van der Waals surface area contributed by atoms with Crippen LogP contribution in [-0.2, 0) is 6.54 Å². The maximum absolute atomic E-state index is 5.92. The van der Waals surface area contributed by atoms with Gasteiger partial charge in [-0.05, 0) is 17.6 Å². The third-order valence-electron chi connectivity index (χ3n) is 2.55. The zero-order valence-corrected chi connectivity index (χ0v) is 10.7. The number of aromatic nitrogens is 5. The van der Waals surface area contributed by atoms with Gasteiger partial charge in [0, 0.05) is 18.0 Å². The zero-order valence-electron chi connectivity index (χ0n) is 9.87. The summed E-state index contributed by atoms with van der Waals surface area (Å²) in [6.07, 6.45) is 4.96. The largest absolute Gasteiger partial charge is 0.382 e. The lowest BCUT2D eigenvalue weighted by molar-refractivity contribution is 0.958. The number of hydrogen-bond donors (Lipinski definition) is 3. The van der Waals surface area contributed by atoms with Crippen molar-refractivity contribution in [1.82, 2.24) is 24.5 Å². The first-order valence-corrected chi connectivity index (χ1v) is 6.35. The Labute approximate surface area is 113 Å². The highest BCUT2D eigenvalue weighted by molar-refractivity contribution is 7.11. The highest BCUT2D eigenvalue weighted by Crippen LogP contribution is 2.36. The van der Waals surface area contributed by atoms with E-state index in [0.29, 0.717) is 12.4 Å². The zero-order chi connectivity index (χ0) is 13.1. The Morgan fingerprint density at radius 3 is 3.11 bits per heavy atom. The first-order chi connectivity index (χ1) is 9.34. The molecule has 0 bridgehead atoms. The van der Waals surface area contributed by atoms with E-state index in [-0.39, 0.29) is 0 Å². The first kappa shape index (κ1) is 11.6. The topological polar surface area (TPSA) is 105 Å².